The van der Waals surface area contributed by atoms with Crippen molar-refractivity contribution in [2.45, 2.75) is 26.8 Å². The first-order valence-electron chi connectivity index (χ1n) is 6.58. The Hall–Kier alpha value is -2.24. The summed E-state index contributed by atoms with van der Waals surface area (Å²) >= 11 is 0. The number of ether oxygens (including phenoxy) is 1. The van der Waals surface area contributed by atoms with E-state index in [0.717, 1.165) is 0 Å². The Morgan fingerprint density at radius 2 is 1.86 bits per heavy atom. The minimum absolute atomic E-state index is 0.498. The Morgan fingerprint density at radius 1 is 1.29 bits per heavy atom. The van der Waals surface area contributed by atoms with E-state index in [1.165, 1.54) is 12.0 Å². The molecule has 0 bridgehead atoms. The van der Waals surface area contributed by atoms with Crippen LogP contribution in [0.4, 0.5) is 10.5 Å². The van der Waals surface area contributed by atoms with Gasteiger partial charge in [-0.05, 0) is 17.5 Å². The van der Waals surface area contributed by atoms with E-state index in [9.17, 15) is 14.7 Å². The Bertz CT molecular complexity index is 523. The van der Waals surface area contributed by atoms with Crippen LogP contribution >= 0.6 is 0 Å². The molecule has 0 aromatic heterocycles. The second-order valence-electron chi connectivity index (χ2n) is 5.82. The average Bonchev–Trinajstić information content (AvgIpc) is 2.41. The maximum absolute atomic E-state index is 12.3. The lowest BCUT2D eigenvalue weighted by Gasteiger charge is -2.30. The number of methoxy groups -OCH3 is 1. The maximum Gasteiger partial charge on any atom is 0.326 e. The number of para-hydroxylation sites is 2. The van der Waals surface area contributed by atoms with Gasteiger partial charge >= 0.3 is 12.0 Å². The van der Waals surface area contributed by atoms with Crippen molar-refractivity contribution in [1.29, 1.82) is 0 Å². The summed E-state index contributed by atoms with van der Waals surface area (Å²) in [5, 5.41) is 11.8. The molecule has 0 aliphatic rings. The summed E-state index contributed by atoms with van der Waals surface area (Å²) in [7, 11) is 3.08. The Morgan fingerprint density at radius 3 is 2.33 bits per heavy atom. The van der Waals surface area contributed by atoms with E-state index >= 15 is 0 Å². The number of amides is 2. The number of carbonyl (C=O) groups is 2. The van der Waals surface area contributed by atoms with E-state index in [0.29, 0.717) is 11.4 Å². The normalized spacial score (nSPS) is 12.4. The Kier molecular flexibility index (Phi) is 5.18. The third-order valence-corrected chi connectivity index (χ3v) is 3.13. The van der Waals surface area contributed by atoms with Gasteiger partial charge in [-0.1, -0.05) is 32.9 Å². The lowest BCUT2D eigenvalue weighted by Crippen LogP contribution is -2.52. The maximum atomic E-state index is 12.3. The zero-order valence-electron chi connectivity index (χ0n) is 13.0. The number of anilines is 1. The van der Waals surface area contributed by atoms with Gasteiger partial charge in [0.25, 0.3) is 0 Å². The molecule has 0 fully saturated rings. The fourth-order valence-electron chi connectivity index (χ4n) is 1.89. The summed E-state index contributed by atoms with van der Waals surface area (Å²) in [4.78, 5) is 24.9. The molecule has 1 aromatic rings. The van der Waals surface area contributed by atoms with Gasteiger partial charge in [0, 0.05) is 7.05 Å². The summed E-state index contributed by atoms with van der Waals surface area (Å²) in [6.45, 7) is 5.28. The third kappa shape index (κ3) is 4.11. The van der Waals surface area contributed by atoms with E-state index in [1.807, 2.05) is 0 Å². The average molecular weight is 294 g/mol. The van der Waals surface area contributed by atoms with Crippen molar-refractivity contribution in [3.05, 3.63) is 24.3 Å². The lowest BCUT2D eigenvalue weighted by atomic mass is 9.87. The molecule has 6 nitrogen and oxygen atoms in total. The third-order valence-electron chi connectivity index (χ3n) is 3.13. The molecule has 0 aliphatic heterocycles. The molecule has 21 heavy (non-hydrogen) atoms. The van der Waals surface area contributed by atoms with Crippen molar-refractivity contribution in [2.24, 2.45) is 5.41 Å². The number of hydrogen-bond donors (Lipinski definition) is 2. The first kappa shape index (κ1) is 16.8. The summed E-state index contributed by atoms with van der Waals surface area (Å²) in [5.74, 6) is -0.526. The highest BCUT2D eigenvalue weighted by molar-refractivity contribution is 5.95. The molecule has 1 rings (SSSR count). The van der Waals surface area contributed by atoms with Crippen LogP contribution in [-0.2, 0) is 4.79 Å². The zero-order chi connectivity index (χ0) is 16.2. The van der Waals surface area contributed by atoms with E-state index in [1.54, 1.807) is 52.1 Å². The van der Waals surface area contributed by atoms with Crippen LogP contribution in [0.2, 0.25) is 0 Å². The molecule has 1 atom stereocenters. The molecular formula is C15H22N2O4. The summed E-state index contributed by atoms with van der Waals surface area (Å²) in [6, 6.07) is 5.55. The van der Waals surface area contributed by atoms with Gasteiger partial charge in [0.15, 0.2) is 0 Å². The lowest BCUT2D eigenvalue weighted by molar-refractivity contribution is -0.141. The largest absolute Gasteiger partial charge is 0.495 e. The number of aliphatic carboxylic acids is 1. The van der Waals surface area contributed by atoms with Crippen LogP contribution in [0.3, 0.4) is 0 Å². The van der Waals surface area contributed by atoms with Crippen LogP contribution in [-0.4, -0.2) is 37.3 Å². The number of rotatable bonds is 4. The molecule has 6 heteroatoms. The topological polar surface area (TPSA) is 78.9 Å². The van der Waals surface area contributed by atoms with Gasteiger partial charge in [-0.25, -0.2) is 9.59 Å². The van der Waals surface area contributed by atoms with Gasteiger partial charge in [-0.3, -0.25) is 4.90 Å². The van der Waals surface area contributed by atoms with Crippen LogP contribution in [0.25, 0.3) is 0 Å². The van der Waals surface area contributed by atoms with E-state index in [2.05, 4.69) is 5.32 Å². The molecule has 0 saturated heterocycles. The van der Waals surface area contributed by atoms with Gasteiger partial charge in [0.05, 0.1) is 12.8 Å². The number of nitrogens with one attached hydrogen (secondary N) is 1. The van der Waals surface area contributed by atoms with Gasteiger partial charge in [0.1, 0.15) is 11.8 Å². The Labute approximate surface area is 124 Å². The minimum atomic E-state index is -1.07. The molecule has 0 heterocycles. The predicted octanol–water partition coefficient (Wildman–Crippen LogP) is 2.34. The molecule has 0 unspecified atom stereocenters. The molecule has 0 radical (unpaired) electrons. The molecule has 2 amide bonds. The zero-order valence-corrected chi connectivity index (χ0v) is 13.0. The predicted molar refractivity (Wildman–Crippen MR) is 80.8 cm³/mol. The quantitative estimate of drug-likeness (QED) is 0.893. The summed E-state index contributed by atoms with van der Waals surface area (Å²) < 4.78 is 5.20. The van der Waals surface area contributed by atoms with Crippen LogP contribution < -0.4 is 15.0 Å². The molecule has 0 spiro atoms. The minimum Gasteiger partial charge on any atom is -0.495 e. The van der Waals surface area contributed by atoms with Crippen LogP contribution in [0.15, 0.2) is 24.3 Å². The van der Waals surface area contributed by atoms with E-state index in [4.69, 9.17) is 4.74 Å². The Balaban J connectivity index is 2.95. The highest BCUT2D eigenvalue weighted by Crippen LogP contribution is 2.27. The van der Waals surface area contributed by atoms with Crippen LogP contribution in [0.1, 0.15) is 20.8 Å². The number of carboxylic acid groups (broad SMARTS) is 1. The first-order valence-corrected chi connectivity index (χ1v) is 6.58. The van der Waals surface area contributed by atoms with Gasteiger partial charge in [-0.15, -0.1) is 0 Å². The second-order valence-corrected chi connectivity index (χ2v) is 5.82. The molecular weight excluding hydrogens is 272 g/mol. The number of carboxylic acids is 1. The van der Waals surface area contributed by atoms with Crippen molar-refractivity contribution in [3.8, 4) is 5.75 Å². The molecule has 0 aliphatic carbocycles. The van der Waals surface area contributed by atoms with Crippen LogP contribution in [0.5, 0.6) is 5.75 Å². The number of nitrogens with zero attached hydrogens (tertiary/aromatic N) is 1. The summed E-state index contributed by atoms with van der Waals surface area (Å²) in [6.07, 6.45) is 0. The standard InChI is InChI=1S/C15H22N2O4/c1-15(2,3)12(13(18)19)16-14(20)17(4)10-8-6-7-9-11(10)21-5/h6-9,12H,1-5H3,(H,16,20)(H,18,19)/t12-/m1/s1. The number of hydrogen-bond acceptors (Lipinski definition) is 3. The second kappa shape index (κ2) is 6.47. The van der Waals surface area contributed by atoms with Gasteiger partial charge < -0.3 is 15.2 Å². The van der Waals surface area contributed by atoms with Crippen molar-refractivity contribution in [1.82, 2.24) is 5.32 Å². The van der Waals surface area contributed by atoms with Crippen molar-refractivity contribution >= 4 is 17.7 Å². The van der Waals surface area contributed by atoms with Crippen molar-refractivity contribution in [3.63, 3.8) is 0 Å². The fourth-order valence-corrected chi connectivity index (χ4v) is 1.89. The first-order chi connectivity index (χ1) is 9.68. The number of urea groups is 1. The van der Waals surface area contributed by atoms with Gasteiger partial charge in [0.2, 0.25) is 0 Å². The molecule has 0 saturated carbocycles. The molecule has 116 valence electrons. The molecule has 2 N–H and O–H groups in total. The fraction of sp³-hybridized carbons (Fsp3) is 0.467. The van der Waals surface area contributed by atoms with E-state index in [-0.39, 0.29) is 0 Å². The monoisotopic (exact) mass is 294 g/mol. The highest BCUT2D eigenvalue weighted by Gasteiger charge is 2.33. The van der Waals surface area contributed by atoms with Crippen molar-refractivity contribution < 1.29 is 19.4 Å². The highest BCUT2D eigenvalue weighted by atomic mass is 16.5. The SMILES string of the molecule is COc1ccccc1N(C)C(=O)N[C@H](C(=O)O)C(C)(C)C. The van der Waals surface area contributed by atoms with Gasteiger partial charge in [-0.2, -0.15) is 0 Å². The smallest absolute Gasteiger partial charge is 0.326 e. The summed E-state index contributed by atoms with van der Waals surface area (Å²) in [5.41, 5.74) is -0.0288. The van der Waals surface area contributed by atoms with E-state index < -0.39 is 23.5 Å². The van der Waals surface area contributed by atoms with Crippen LogP contribution in [0, 0.1) is 5.41 Å². The van der Waals surface area contributed by atoms with Crippen molar-refractivity contribution in [2.75, 3.05) is 19.1 Å². The molecule has 1 aromatic carbocycles. The number of benzene rings is 1. The number of carbonyl (C=O) groups excluding carboxylic acids is 1.